The molecule has 1 aromatic carbocycles. The third-order valence-corrected chi connectivity index (χ3v) is 5.82. The molecule has 0 radical (unpaired) electrons. The van der Waals surface area contributed by atoms with Crippen molar-refractivity contribution in [2.24, 2.45) is 5.73 Å². The van der Waals surface area contributed by atoms with E-state index in [1.54, 1.807) is 39.5 Å². The molecule has 0 aliphatic heterocycles. The first-order valence-electron chi connectivity index (χ1n) is 10.2. The van der Waals surface area contributed by atoms with E-state index in [9.17, 15) is 9.59 Å². The molecule has 4 rings (SSSR count). The van der Waals surface area contributed by atoms with Crippen LogP contribution >= 0.6 is 11.8 Å². The number of para-hydroxylation sites is 1. The van der Waals surface area contributed by atoms with Crippen molar-refractivity contribution >= 4 is 23.6 Å². The molecule has 3 aromatic heterocycles. The quantitative estimate of drug-likeness (QED) is 0.356. The predicted molar refractivity (Wildman–Crippen MR) is 122 cm³/mol. The summed E-state index contributed by atoms with van der Waals surface area (Å²) >= 11 is 1.25. The molecule has 33 heavy (non-hydrogen) atoms. The number of aromatic nitrogens is 5. The predicted octanol–water partition coefficient (Wildman–Crippen LogP) is 2.35. The molecule has 0 bridgehead atoms. The lowest BCUT2D eigenvalue weighted by Crippen LogP contribution is -2.27. The summed E-state index contributed by atoms with van der Waals surface area (Å²) in [6.45, 7) is 0.724. The molecule has 0 spiro atoms. The zero-order chi connectivity index (χ0) is 23.2. The van der Waals surface area contributed by atoms with Crippen LogP contribution in [0, 0.1) is 0 Å². The van der Waals surface area contributed by atoms with Crippen LogP contribution in [0.4, 0.5) is 0 Å². The van der Waals surface area contributed by atoms with E-state index in [0.717, 1.165) is 11.3 Å². The van der Waals surface area contributed by atoms with Gasteiger partial charge in [0, 0.05) is 38.3 Å². The Kier molecular flexibility index (Phi) is 6.89. The zero-order valence-corrected chi connectivity index (χ0v) is 18.8. The normalized spacial score (nSPS) is 10.9. The summed E-state index contributed by atoms with van der Waals surface area (Å²) in [5, 5.41) is 13.2. The van der Waals surface area contributed by atoms with Crippen LogP contribution in [-0.4, -0.2) is 54.1 Å². The maximum absolute atomic E-state index is 12.7. The van der Waals surface area contributed by atoms with Crippen LogP contribution in [0.1, 0.15) is 12.0 Å². The molecular weight excluding hydrogens is 442 g/mol. The number of primary amides is 1. The molecule has 0 fully saturated rings. The van der Waals surface area contributed by atoms with Gasteiger partial charge in [-0.15, -0.1) is 10.2 Å². The summed E-state index contributed by atoms with van der Waals surface area (Å²) in [5.41, 5.74) is 7.19. The van der Waals surface area contributed by atoms with Crippen molar-refractivity contribution in [3.63, 3.8) is 0 Å². The second-order valence-corrected chi connectivity index (χ2v) is 8.26. The van der Waals surface area contributed by atoms with Gasteiger partial charge in [-0.1, -0.05) is 30.0 Å². The number of rotatable bonds is 10. The SMILES string of the molecule is CN(Cc1cnn(-c2ccccc2)c1)C(=O)CSc1nnc(-c2ccco2)n1CCC(N)=O. The van der Waals surface area contributed by atoms with E-state index in [1.165, 1.54) is 18.0 Å². The first-order chi connectivity index (χ1) is 16.0. The molecule has 2 amide bonds. The summed E-state index contributed by atoms with van der Waals surface area (Å²) in [7, 11) is 1.74. The van der Waals surface area contributed by atoms with E-state index in [1.807, 2.05) is 36.5 Å². The van der Waals surface area contributed by atoms with Gasteiger partial charge in [-0.2, -0.15) is 5.10 Å². The van der Waals surface area contributed by atoms with Crippen molar-refractivity contribution in [2.45, 2.75) is 24.7 Å². The standard InChI is InChI=1S/C22H23N7O3S/c1-27(13-16-12-24-29(14-16)17-6-3-2-4-7-17)20(31)15-33-22-26-25-21(18-8-5-11-32-18)28(22)10-9-19(23)30/h2-8,11-12,14H,9-10,13,15H2,1H3,(H2,23,30). The van der Waals surface area contributed by atoms with Gasteiger partial charge >= 0.3 is 0 Å². The lowest BCUT2D eigenvalue weighted by Gasteiger charge is -2.16. The highest BCUT2D eigenvalue weighted by Crippen LogP contribution is 2.25. The minimum Gasteiger partial charge on any atom is -0.461 e. The lowest BCUT2D eigenvalue weighted by atomic mass is 10.3. The Labute approximate surface area is 194 Å². The van der Waals surface area contributed by atoms with Crippen molar-refractivity contribution < 1.29 is 14.0 Å². The minimum atomic E-state index is -0.433. The van der Waals surface area contributed by atoms with Gasteiger partial charge in [0.25, 0.3) is 0 Å². The Morgan fingerprint density at radius 2 is 1.97 bits per heavy atom. The van der Waals surface area contributed by atoms with Gasteiger partial charge in [-0.05, 0) is 24.3 Å². The largest absolute Gasteiger partial charge is 0.461 e. The topological polar surface area (TPSA) is 125 Å². The molecule has 0 saturated carbocycles. The second-order valence-electron chi connectivity index (χ2n) is 7.32. The van der Waals surface area contributed by atoms with Crippen molar-refractivity contribution in [3.05, 3.63) is 66.7 Å². The molecule has 3 heterocycles. The highest BCUT2D eigenvalue weighted by molar-refractivity contribution is 7.99. The number of hydrogen-bond donors (Lipinski definition) is 1. The molecular formula is C22H23N7O3S. The molecule has 0 saturated heterocycles. The highest BCUT2D eigenvalue weighted by Gasteiger charge is 2.19. The Morgan fingerprint density at radius 3 is 2.70 bits per heavy atom. The smallest absolute Gasteiger partial charge is 0.233 e. The van der Waals surface area contributed by atoms with E-state index in [4.69, 9.17) is 10.2 Å². The van der Waals surface area contributed by atoms with Crippen LogP contribution in [-0.2, 0) is 22.7 Å². The molecule has 4 aromatic rings. The summed E-state index contributed by atoms with van der Waals surface area (Å²) < 4.78 is 8.93. The van der Waals surface area contributed by atoms with Crippen LogP contribution in [0.5, 0.6) is 0 Å². The summed E-state index contributed by atoms with van der Waals surface area (Å²) in [5.74, 6) is 0.667. The minimum absolute atomic E-state index is 0.0727. The van der Waals surface area contributed by atoms with Crippen LogP contribution < -0.4 is 5.73 Å². The van der Waals surface area contributed by atoms with Crippen LogP contribution in [0.25, 0.3) is 17.3 Å². The van der Waals surface area contributed by atoms with Crippen LogP contribution in [0.15, 0.2) is 70.7 Å². The van der Waals surface area contributed by atoms with Gasteiger partial charge in [0.1, 0.15) is 0 Å². The third-order valence-electron chi connectivity index (χ3n) is 4.87. The van der Waals surface area contributed by atoms with Crippen LogP contribution in [0.2, 0.25) is 0 Å². The lowest BCUT2D eigenvalue weighted by molar-refractivity contribution is -0.127. The molecule has 170 valence electrons. The van der Waals surface area contributed by atoms with E-state index in [2.05, 4.69) is 15.3 Å². The summed E-state index contributed by atoms with van der Waals surface area (Å²) in [6.07, 6.45) is 5.31. The van der Waals surface area contributed by atoms with Gasteiger partial charge in [0.05, 0.1) is 23.9 Å². The van der Waals surface area contributed by atoms with Gasteiger partial charge < -0.3 is 15.1 Å². The Balaban J connectivity index is 1.39. The number of nitrogens with zero attached hydrogens (tertiary/aromatic N) is 6. The highest BCUT2D eigenvalue weighted by atomic mass is 32.2. The number of hydrogen-bond acceptors (Lipinski definition) is 7. The van der Waals surface area contributed by atoms with Gasteiger partial charge in [-0.25, -0.2) is 4.68 Å². The average molecular weight is 466 g/mol. The van der Waals surface area contributed by atoms with E-state index < -0.39 is 5.91 Å². The fraction of sp³-hybridized carbons (Fsp3) is 0.227. The maximum atomic E-state index is 12.7. The Morgan fingerprint density at radius 1 is 1.15 bits per heavy atom. The summed E-state index contributed by atoms with van der Waals surface area (Å²) in [6, 6.07) is 13.3. The van der Waals surface area contributed by atoms with Crippen LogP contribution in [0.3, 0.4) is 0 Å². The third kappa shape index (κ3) is 5.50. The van der Waals surface area contributed by atoms with E-state index in [-0.39, 0.29) is 18.1 Å². The zero-order valence-electron chi connectivity index (χ0n) is 18.0. The number of furan rings is 1. The van der Waals surface area contributed by atoms with Crippen molar-refractivity contribution in [1.82, 2.24) is 29.4 Å². The Hall–Kier alpha value is -3.86. The first kappa shape index (κ1) is 22.3. The maximum Gasteiger partial charge on any atom is 0.233 e. The molecule has 2 N–H and O–H groups in total. The fourth-order valence-corrected chi connectivity index (χ4v) is 4.07. The molecule has 0 aliphatic rings. The van der Waals surface area contributed by atoms with Crippen molar-refractivity contribution in [3.8, 4) is 17.3 Å². The average Bonchev–Trinajstić information content (AvgIpc) is 3.57. The molecule has 0 atom stereocenters. The number of thioether (sulfide) groups is 1. The number of amides is 2. The number of nitrogens with two attached hydrogens (primary N) is 1. The number of carbonyl (C=O) groups excluding carboxylic acids is 2. The monoisotopic (exact) mass is 465 g/mol. The Bertz CT molecular complexity index is 1220. The molecule has 10 nitrogen and oxygen atoms in total. The van der Waals surface area contributed by atoms with Crippen molar-refractivity contribution in [1.29, 1.82) is 0 Å². The summed E-state index contributed by atoms with van der Waals surface area (Å²) in [4.78, 5) is 25.7. The van der Waals surface area contributed by atoms with Gasteiger partial charge in [0.2, 0.25) is 11.8 Å². The van der Waals surface area contributed by atoms with E-state index in [0.29, 0.717) is 29.8 Å². The molecule has 0 unspecified atom stereocenters. The van der Waals surface area contributed by atoms with Gasteiger partial charge in [-0.3, -0.25) is 14.2 Å². The fourth-order valence-electron chi connectivity index (χ4n) is 3.17. The second kappa shape index (κ2) is 10.2. The molecule has 11 heteroatoms. The first-order valence-corrected chi connectivity index (χ1v) is 11.2. The number of benzene rings is 1. The van der Waals surface area contributed by atoms with Gasteiger partial charge in [0.15, 0.2) is 16.7 Å². The van der Waals surface area contributed by atoms with Crippen molar-refractivity contribution in [2.75, 3.05) is 12.8 Å². The van der Waals surface area contributed by atoms with E-state index >= 15 is 0 Å². The molecule has 0 aliphatic carbocycles. The number of carbonyl (C=O) groups is 2.